The number of aliphatic hydroxyl groups is 1. The molecule has 2 aliphatic heterocycles. The molecule has 4 amide bonds. The van der Waals surface area contributed by atoms with Gasteiger partial charge in [-0.2, -0.15) is 0 Å². The number of nitrogens with one attached hydrogen (secondary N) is 2. The Kier molecular flexibility index (Phi) is 11.6. The third-order valence-corrected chi connectivity index (χ3v) is 13.4. The average molecular weight is 820 g/mol. The molecule has 2 saturated heterocycles. The molecule has 1 aliphatic carbocycles. The SMILES string of the molecule is COc1c(C(=O)N[C@@H](C(=O)N2CCC3(c4ccc(Cl)cc43)C(C)(C)C2)C(C)C)cccc1C(=O)N[C@@H](C(=O)N1CC[C@](O)(c2ccc(Cl)cc2)C(C)(C)C1)C(C)C. The summed E-state index contributed by atoms with van der Waals surface area (Å²) in [5.74, 6) is -2.03. The van der Waals surface area contributed by atoms with Crippen molar-refractivity contribution in [2.75, 3.05) is 33.3 Å². The predicted octanol–water partition coefficient (Wildman–Crippen LogP) is 7.22. The highest BCUT2D eigenvalue weighted by molar-refractivity contribution is 6.31. The number of hydrogen-bond acceptors (Lipinski definition) is 6. The van der Waals surface area contributed by atoms with Gasteiger partial charge in [-0.1, -0.05) is 103 Å². The number of carbonyl (C=O) groups is 4. The molecule has 1 unspecified atom stereocenters. The molecule has 3 N–H and O–H groups in total. The summed E-state index contributed by atoms with van der Waals surface area (Å²) in [6, 6.07) is 16.1. The lowest BCUT2D eigenvalue weighted by atomic mass is 9.66. The number of nitrogens with zero attached hydrogens (tertiary/aromatic N) is 2. The van der Waals surface area contributed by atoms with Crippen LogP contribution in [0.15, 0.2) is 60.7 Å². The highest BCUT2D eigenvalue weighted by Gasteiger charge is 2.62. The summed E-state index contributed by atoms with van der Waals surface area (Å²) in [5, 5.41) is 19.0. The topological polar surface area (TPSA) is 128 Å². The van der Waals surface area contributed by atoms with E-state index < -0.39 is 34.9 Å². The third kappa shape index (κ3) is 7.54. The minimum atomic E-state index is -1.19. The number of fused-ring (bicyclic) bond motifs is 3. The van der Waals surface area contributed by atoms with Crippen molar-refractivity contribution in [1.82, 2.24) is 20.4 Å². The van der Waals surface area contributed by atoms with Gasteiger partial charge >= 0.3 is 0 Å². The molecule has 2 heterocycles. The second-order valence-electron chi connectivity index (χ2n) is 18.0. The van der Waals surface area contributed by atoms with E-state index >= 15 is 0 Å². The van der Waals surface area contributed by atoms with Crippen LogP contribution >= 0.6 is 23.2 Å². The van der Waals surface area contributed by atoms with E-state index in [2.05, 4.69) is 30.5 Å². The lowest BCUT2D eigenvalue weighted by Gasteiger charge is -2.51. The van der Waals surface area contributed by atoms with Gasteiger partial charge in [0.15, 0.2) is 0 Å². The van der Waals surface area contributed by atoms with Gasteiger partial charge in [0.25, 0.3) is 11.8 Å². The molecule has 3 aromatic carbocycles. The van der Waals surface area contributed by atoms with Gasteiger partial charge in [-0.3, -0.25) is 19.2 Å². The highest BCUT2D eigenvalue weighted by Crippen LogP contribution is 2.64. The monoisotopic (exact) mass is 818 g/mol. The molecule has 12 heteroatoms. The Bertz CT molecular complexity index is 2070. The van der Waals surface area contributed by atoms with Crippen LogP contribution in [-0.4, -0.2) is 83.9 Å². The summed E-state index contributed by atoms with van der Waals surface area (Å²) in [6.45, 7) is 17.3. The largest absolute Gasteiger partial charge is 0.495 e. The second kappa shape index (κ2) is 15.6. The number of hydrogen-bond donors (Lipinski definition) is 3. The summed E-state index contributed by atoms with van der Waals surface area (Å²) >= 11 is 12.4. The standard InChI is InChI=1S/C45H56Cl2N4O6/c1-26(2)35(40(54)50-21-19-44(42(5,6)24-50)33-18-17-30(47)23-34(33)44)48-38(52)31-11-10-12-32(37(31)57-9)39(53)49-36(27(3)4)41(55)51-22-20-45(56,43(7,8)25-51)28-13-15-29(46)16-14-28/h10-18,23,26-27,35-36,56H,19-22,24-25H2,1-9H3,(H,48,52)(H,49,53)/t35-,36-,44?,45+/m1/s1. The fourth-order valence-corrected chi connectivity index (χ4v) is 9.71. The van der Waals surface area contributed by atoms with Gasteiger partial charge in [-0.05, 0) is 83.2 Å². The number of benzene rings is 3. The van der Waals surface area contributed by atoms with E-state index in [4.69, 9.17) is 27.9 Å². The van der Waals surface area contributed by atoms with E-state index in [9.17, 15) is 24.3 Å². The molecule has 306 valence electrons. The Balaban J connectivity index is 1.15. The van der Waals surface area contributed by atoms with Crippen LogP contribution in [0.1, 0.15) is 106 Å². The summed E-state index contributed by atoms with van der Waals surface area (Å²) in [7, 11) is 1.38. The Hall–Kier alpha value is -4.12. The minimum absolute atomic E-state index is 0.0377. The van der Waals surface area contributed by atoms with Crippen LogP contribution in [0.3, 0.4) is 0 Å². The van der Waals surface area contributed by atoms with E-state index in [1.807, 2.05) is 70.7 Å². The summed E-state index contributed by atoms with van der Waals surface area (Å²) in [6.07, 6.45) is 1.07. The maximum absolute atomic E-state index is 14.2. The molecule has 6 rings (SSSR count). The fourth-order valence-electron chi connectivity index (χ4n) is 9.41. The van der Waals surface area contributed by atoms with Gasteiger partial charge in [0.2, 0.25) is 11.8 Å². The summed E-state index contributed by atoms with van der Waals surface area (Å²) < 4.78 is 5.69. The molecular weight excluding hydrogens is 763 g/mol. The maximum Gasteiger partial charge on any atom is 0.255 e. The van der Waals surface area contributed by atoms with Crippen molar-refractivity contribution in [3.63, 3.8) is 0 Å². The number of para-hydroxylation sites is 1. The Labute approximate surface area is 346 Å². The summed E-state index contributed by atoms with van der Waals surface area (Å²) in [4.78, 5) is 59.8. The average Bonchev–Trinajstić information content (AvgIpc) is 3.80. The van der Waals surface area contributed by atoms with Crippen molar-refractivity contribution >= 4 is 46.8 Å². The number of piperidine rings is 2. The van der Waals surface area contributed by atoms with Crippen LogP contribution in [0.5, 0.6) is 5.75 Å². The van der Waals surface area contributed by atoms with Crippen LogP contribution in [0, 0.1) is 22.7 Å². The molecule has 0 bridgehead atoms. The van der Waals surface area contributed by atoms with Crippen molar-refractivity contribution in [3.8, 4) is 5.75 Å². The van der Waals surface area contributed by atoms with Crippen molar-refractivity contribution < 1.29 is 29.0 Å². The van der Waals surface area contributed by atoms with Crippen molar-refractivity contribution in [1.29, 1.82) is 0 Å². The minimum Gasteiger partial charge on any atom is -0.495 e. The third-order valence-electron chi connectivity index (χ3n) is 12.9. The number of carbonyl (C=O) groups excluding carboxylic acids is 4. The molecule has 10 nitrogen and oxygen atoms in total. The Morgan fingerprint density at radius 2 is 1.19 bits per heavy atom. The molecule has 3 aliphatic rings. The molecule has 0 radical (unpaired) electrons. The predicted molar refractivity (Wildman–Crippen MR) is 223 cm³/mol. The zero-order chi connectivity index (χ0) is 41.8. The maximum atomic E-state index is 14.2. The van der Waals surface area contributed by atoms with Crippen LogP contribution < -0.4 is 15.4 Å². The molecule has 3 aromatic rings. The van der Waals surface area contributed by atoms with Gasteiger partial charge < -0.3 is 30.3 Å². The number of amides is 4. The number of halogens is 2. The Morgan fingerprint density at radius 3 is 1.65 bits per heavy atom. The van der Waals surface area contributed by atoms with Crippen LogP contribution in [0.2, 0.25) is 10.0 Å². The number of methoxy groups -OCH3 is 1. The van der Waals surface area contributed by atoms with Gasteiger partial charge in [-0.15, -0.1) is 0 Å². The van der Waals surface area contributed by atoms with Crippen molar-refractivity contribution in [3.05, 3.63) is 98.5 Å². The molecule has 4 atom stereocenters. The fraction of sp³-hybridized carbons (Fsp3) is 0.511. The molecule has 0 aromatic heterocycles. The Morgan fingerprint density at radius 1 is 0.702 bits per heavy atom. The normalized spacial score (nSPS) is 23.1. The molecule has 57 heavy (non-hydrogen) atoms. The molecule has 0 saturated carbocycles. The quantitative estimate of drug-likeness (QED) is 0.198. The van der Waals surface area contributed by atoms with E-state index in [1.54, 1.807) is 35.2 Å². The number of ether oxygens (including phenoxy) is 1. The first-order chi connectivity index (χ1) is 26.7. The smallest absolute Gasteiger partial charge is 0.255 e. The lowest BCUT2D eigenvalue weighted by Crippen LogP contribution is -2.60. The summed E-state index contributed by atoms with van der Waals surface area (Å²) in [5.41, 5.74) is 1.18. The first kappa shape index (κ1) is 42.5. The van der Waals surface area contributed by atoms with Gasteiger partial charge in [-0.25, -0.2) is 0 Å². The first-order valence-corrected chi connectivity index (χ1v) is 20.6. The highest BCUT2D eigenvalue weighted by atomic mass is 35.5. The molecule has 2 fully saturated rings. The number of likely N-dealkylation sites (tertiary alicyclic amines) is 2. The number of rotatable bonds is 10. The van der Waals surface area contributed by atoms with Crippen LogP contribution in [0.25, 0.3) is 0 Å². The van der Waals surface area contributed by atoms with Gasteiger partial charge in [0.05, 0.1) is 23.8 Å². The molecular formula is C45H56Cl2N4O6. The van der Waals surface area contributed by atoms with E-state index in [-0.39, 0.29) is 64.4 Å². The second-order valence-corrected chi connectivity index (χ2v) is 18.9. The van der Waals surface area contributed by atoms with E-state index in [1.165, 1.54) is 18.2 Å². The van der Waals surface area contributed by atoms with E-state index in [0.717, 1.165) is 12.0 Å². The zero-order valence-electron chi connectivity index (χ0n) is 34.5. The van der Waals surface area contributed by atoms with Crippen LogP contribution in [0.4, 0.5) is 0 Å². The van der Waals surface area contributed by atoms with Crippen molar-refractivity contribution in [2.45, 2.75) is 91.3 Å². The lowest BCUT2D eigenvalue weighted by molar-refractivity contribution is -0.155. The van der Waals surface area contributed by atoms with Gasteiger partial charge in [0, 0.05) is 47.1 Å². The van der Waals surface area contributed by atoms with E-state index in [0.29, 0.717) is 29.6 Å². The first-order valence-electron chi connectivity index (χ1n) is 19.8. The van der Waals surface area contributed by atoms with Crippen LogP contribution in [-0.2, 0) is 20.6 Å². The van der Waals surface area contributed by atoms with Crippen molar-refractivity contribution in [2.24, 2.45) is 22.7 Å². The zero-order valence-corrected chi connectivity index (χ0v) is 36.0. The van der Waals surface area contributed by atoms with Gasteiger partial charge in [0.1, 0.15) is 17.8 Å². The molecule has 1 spiro atoms.